The number of rotatable bonds is 1. The van der Waals surface area contributed by atoms with Gasteiger partial charge in [0.25, 0.3) is 11.3 Å². The second kappa shape index (κ2) is 4.07. The van der Waals surface area contributed by atoms with E-state index in [0.29, 0.717) is 11.3 Å². The average Bonchev–Trinajstić information content (AvgIpc) is 2.97. The van der Waals surface area contributed by atoms with Crippen molar-refractivity contribution in [3.05, 3.63) is 47.3 Å². The first kappa shape index (κ1) is 11.5. The number of hydrogen-bond acceptors (Lipinski definition) is 7. The van der Waals surface area contributed by atoms with E-state index < -0.39 is 5.56 Å². The van der Waals surface area contributed by atoms with Gasteiger partial charge in [0, 0.05) is 12.4 Å². The van der Waals surface area contributed by atoms with E-state index in [9.17, 15) is 9.90 Å². The topological polar surface area (TPSA) is 111 Å². The van der Waals surface area contributed by atoms with Gasteiger partial charge in [-0.2, -0.15) is 14.6 Å². The summed E-state index contributed by atoms with van der Waals surface area (Å²) in [6.07, 6.45) is 4.31. The molecule has 4 heterocycles. The monoisotopic (exact) mass is 281 g/mol. The molecule has 0 aliphatic carbocycles. The minimum atomic E-state index is -0.452. The molecule has 102 valence electrons. The number of hydrogen-bond donors (Lipinski definition) is 1. The molecule has 0 radical (unpaired) electrons. The quantitative estimate of drug-likeness (QED) is 0.519. The Labute approximate surface area is 116 Å². The highest BCUT2D eigenvalue weighted by Crippen LogP contribution is 2.17. The molecule has 0 aliphatic rings. The molecule has 0 amide bonds. The van der Waals surface area contributed by atoms with Crippen molar-refractivity contribution in [3.63, 3.8) is 0 Å². The third-order valence-electron chi connectivity index (χ3n) is 3.04. The van der Waals surface area contributed by atoms with Crippen LogP contribution in [0.25, 0.3) is 22.6 Å². The first-order valence-electron chi connectivity index (χ1n) is 5.98. The van der Waals surface area contributed by atoms with Crippen molar-refractivity contribution in [2.75, 3.05) is 0 Å². The Morgan fingerprint density at radius 1 is 1.14 bits per heavy atom. The van der Waals surface area contributed by atoms with Gasteiger partial charge in [-0.3, -0.25) is 9.36 Å². The van der Waals surface area contributed by atoms with Crippen LogP contribution in [0.4, 0.5) is 0 Å². The summed E-state index contributed by atoms with van der Waals surface area (Å²) < 4.78 is 2.63. The lowest BCUT2D eigenvalue weighted by molar-refractivity contribution is 0.468. The molecule has 21 heavy (non-hydrogen) atoms. The molecular formula is C12H7N7O2. The molecule has 0 fully saturated rings. The van der Waals surface area contributed by atoms with Gasteiger partial charge in [-0.05, 0) is 18.2 Å². The maximum absolute atomic E-state index is 12.5. The van der Waals surface area contributed by atoms with E-state index in [1.807, 2.05) is 0 Å². The summed E-state index contributed by atoms with van der Waals surface area (Å²) in [6, 6.07) is 4.66. The van der Waals surface area contributed by atoms with Gasteiger partial charge in [-0.1, -0.05) is 0 Å². The lowest BCUT2D eigenvalue weighted by Gasteiger charge is -2.07. The van der Waals surface area contributed by atoms with Crippen molar-refractivity contribution in [1.29, 1.82) is 0 Å². The van der Waals surface area contributed by atoms with Gasteiger partial charge in [0.05, 0.1) is 0 Å². The zero-order valence-corrected chi connectivity index (χ0v) is 10.5. The zero-order valence-electron chi connectivity index (χ0n) is 10.5. The number of aromatic nitrogens is 7. The SMILES string of the molecule is O=c1c2nnc3ncnn3c2ccn1-c1ncccc1O. The van der Waals surface area contributed by atoms with Gasteiger partial charge in [-0.15, -0.1) is 10.2 Å². The molecule has 0 atom stereocenters. The first-order valence-corrected chi connectivity index (χ1v) is 5.98. The van der Waals surface area contributed by atoms with Gasteiger partial charge in [0.2, 0.25) is 0 Å². The fraction of sp³-hybridized carbons (Fsp3) is 0. The molecule has 0 saturated carbocycles. The third-order valence-corrected chi connectivity index (χ3v) is 3.04. The Morgan fingerprint density at radius 2 is 2.05 bits per heavy atom. The van der Waals surface area contributed by atoms with Crippen molar-refractivity contribution in [1.82, 2.24) is 34.3 Å². The molecular weight excluding hydrogens is 274 g/mol. The molecule has 9 nitrogen and oxygen atoms in total. The van der Waals surface area contributed by atoms with Crippen LogP contribution >= 0.6 is 0 Å². The molecule has 0 unspecified atom stereocenters. The van der Waals surface area contributed by atoms with Crippen LogP contribution in [-0.4, -0.2) is 39.5 Å². The van der Waals surface area contributed by atoms with E-state index >= 15 is 0 Å². The molecule has 0 aliphatic heterocycles. The molecule has 0 saturated heterocycles. The van der Waals surface area contributed by atoms with Crippen LogP contribution in [0.15, 0.2) is 41.7 Å². The maximum Gasteiger partial charge on any atom is 0.286 e. The van der Waals surface area contributed by atoms with Gasteiger partial charge in [0.15, 0.2) is 17.1 Å². The predicted octanol–water partition coefficient (Wildman–Crippen LogP) is -0.0760. The largest absolute Gasteiger partial charge is 0.504 e. The molecule has 1 N–H and O–H groups in total. The predicted molar refractivity (Wildman–Crippen MR) is 71.1 cm³/mol. The minimum Gasteiger partial charge on any atom is -0.504 e. The second-order valence-corrected chi connectivity index (χ2v) is 4.24. The highest BCUT2D eigenvalue weighted by molar-refractivity contribution is 5.74. The number of pyridine rings is 2. The van der Waals surface area contributed by atoms with E-state index in [1.165, 1.54) is 33.9 Å². The Kier molecular flexibility index (Phi) is 2.22. The normalized spacial score (nSPS) is 11.2. The van der Waals surface area contributed by atoms with Crippen LogP contribution in [0, 0.1) is 0 Å². The summed E-state index contributed by atoms with van der Waals surface area (Å²) in [5.41, 5.74) is 0.140. The lowest BCUT2D eigenvalue weighted by atomic mass is 10.3. The van der Waals surface area contributed by atoms with Crippen molar-refractivity contribution < 1.29 is 5.11 Å². The smallest absolute Gasteiger partial charge is 0.286 e. The fourth-order valence-electron chi connectivity index (χ4n) is 2.09. The van der Waals surface area contributed by atoms with Gasteiger partial charge in [-0.25, -0.2) is 4.98 Å². The van der Waals surface area contributed by atoms with Crippen LogP contribution in [-0.2, 0) is 0 Å². The van der Waals surface area contributed by atoms with Gasteiger partial charge in [0.1, 0.15) is 11.8 Å². The molecule has 0 spiro atoms. The molecule has 0 aromatic carbocycles. The van der Waals surface area contributed by atoms with E-state index in [2.05, 4.69) is 25.3 Å². The average molecular weight is 281 g/mol. The van der Waals surface area contributed by atoms with E-state index in [0.717, 1.165) is 0 Å². The second-order valence-electron chi connectivity index (χ2n) is 4.24. The summed E-state index contributed by atoms with van der Waals surface area (Å²) in [5.74, 6) is 0.332. The summed E-state index contributed by atoms with van der Waals surface area (Å²) in [5, 5.41) is 21.5. The maximum atomic E-state index is 12.5. The number of fused-ring (bicyclic) bond motifs is 3. The zero-order chi connectivity index (χ0) is 14.4. The Balaban J connectivity index is 2.10. The van der Waals surface area contributed by atoms with E-state index in [4.69, 9.17) is 0 Å². The molecule has 4 aromatic rings. The molecule has 4 rings (SSSR count). The Morgan fingerprint density at radius 3 is 2.90 bits per heavy atom. The number of nitrogens with zero attached hydrogens (tertiary/aromatic N) is 7. The molecule has 9 heteroatoms. The fourth-order valence-corrected chi connectivity index (χ4v) is 2.09. The van der Waals surface area contributed by atoms with Gasteiger partial charge >= 0.3 is 0 Å². The summed E-state index contributed by atoms with van der Waals surface area (Å²) in [6.45, 7) is 0. The van der Waals surface area contributed by atoms with Crippen molar-refractivity contribution in [3.8, 4) is 11.6 Å². The van der Waals surface area contributed by atoms with E-state index in [-0.39, 0.29) is 17.1 Å². The Bertz CT molecular complexity index is 1040. The summed E-state index contributed by atoms with van der Waals surface area (Å²) in [7, 11) is 0. The van der Waals surface area contributed by atoms with Crippen molar-refractivity contribution in [2.24, 2.45) is 0 Å². The highest BCUT2D eigenvalue weighted by atomic mass is 16.3. The molecule has 0 bridgehead atoms. The third kappa shape index (κ3) is 1.57. The van der Waals surface area contributed by atoms with E-state index in [1.54, 1.807) is 12.1 Å². The van der Waals surface area contributed by atoms with Crippen LogP contribution < -0.4 is 5.56 Å². The summed E-state index contributed by atoms with van der Waals surface area (Å²) >= 11 is 0. The lowest BCUT2D eigenvalue weighted by Crippen LogP contribution is -2.21. The van der Waals surface area contributed by atoms with Crippen molar-refractivity contribution >= 4 is 16.8 Å². The molecule has 4 aromatic heterocycles. The van der Waals surface area contributed by atoms with Crippen LogP contribution in [0.5, 0.6) is 5.75 Å². The standard InChI is InChI=1S/C12H7N7O2/c20-8-2-1-4-13-10(8)18-5-3-7-9(11(18)21)16-17-12-14-6-15-19(7)12/h1-6,20H. The number of aromatic hydroxyl groups is 1. The van der Waals surface area contributed by atoms with Crippen molar-refractivity contribution in [2.45, 2.75) is 0 Å². The summed E-state index contributed by atoms with van der Waals surface area (Å²) in [4.78, 5) is 20.4. The van der Waals surface area contributed by atoms with Crippen LogP contribution in [0.3, 0.4) is 0 Å². The van der Waals surface area contributed by atoms with Gasteiger partial charge < -0.3 is 5.11 Å². The minimum absolute atomic E-state index is 0.103. The van der Waals surface area contributed by atoms with Crippen LogP contribution in [0.2, 0.25) is 0 Å². The van der Waals surface area contributed by atoms with Crippen LogP contribution in [0.1, 0.15) is 0 Å². The highest BCUT2D eigenvalue weighted by Gasteiger charge is 2.13. The first-order chi connectivity index (χ1) is 10.3. The Hall–Kier alpha value is -3.36.